The number of carbonyl (C=O) groups is 1. The van der Waals surface area contributed by atoms with Crippen molar-refractivity contribution in [3.8, 4) is 5.75 Å². The smallest absolute Gasteiger partial charge is 0.248 e. The summed E-state index contributed by atoms with van der Waals surface area (Å²) in [7, 11) is 1.54. The van der Waals surface area contributed by atoms with Gasteiger partial charge in [0.25, 0.3) is 0 Å². The average Bonchev–Trinajstić information content (AvgIpc) is 2.91. The first-order chi connectivity index (χ1) is 10.7. The van der Waals surface area contributed by atoms with E-state index in [1.165, 1.54) is 7.11 Å². The van der Waals surface area contributed by atoms with Crippen molar-refractivity contribution in [2.24, 2.45) is 5.92 Å². The summed E-state index contributed by atoms with van der Waals surface area (Å²) in [6.07, 6.45) is 5.41. The molecule has 0 aliphatic carbocycles. The molecule has 0 unspecified atom stereocenters. The first kappa shape index (κ1) is 15.2. The summed E-state index contributed by atoms with van der Waals surface area (Å²) < 4.78 is 16.6. The number of nitrogens with zero attached hydrogens (tertiary/aromatic N) is 2. The van der Waals surface area contributed by atoms with Crippen LogP contribution >= 0.6 is 0 Å². The van der Waals surface area contributed by atoms with E-state index in [1.807, 2.05) is 17.0 Å². The molecule has 1 aromatic rings. The van der Waals surface area contributed by atoms with Crippen LogP contribution < -0.4 is 4.74 Å². The Balaban J connectivity index is 1.47. The topological polar surface area (TPSA) is 60.9 Å². The summed E-state index contributed by atoms with van der Waals surface area (Å²) in [6, 6.07) is 3.77. The Labute approximate surface area is 130 Å². The Kier molecular flexibility index (Phi) is 4.59. The molecule has 0 N–H and O–H groups in total. The molecule has 2 saturated heterocycles. The molecule has 3 heterocycles. The molecule has 0 bridgehead atoms. The lowest BCUT2D eigenvalue weighted by molar-refractivity contribution is -0.168. The van der Waals surface area contributed by atoms with Crippen molar-refractivity contribution >= 4 is 5.91 Å². The maximum absolute atomic E-state index is 11.8. The van der Waals surface area contributed by atoms with Crippen molar-refractivity contribution in [2.45, 2.75) is 18.4 Å². The molecule has 2 aliphatic rings. The average molecular weight is 306 g/mol. The van der Waals surface area contributed by atoms with Crippen molar-refractivity contribution in [2.75, 3.05) is 40.0 Å². The minimum absolute atomic E-state index is 0.0361. The third kappa shape index (κ3) is 3.08. The van der Waals surface area contributed by atoms with E-state index in [0.717, 1.165) is 25.2 Å². The van der Waals surface area contributed by atoms with Crippen LogP contribution in [0, 0.1) is 5.92 Å². The lowest BCUT2D eigenvalue weighted by Crippen LogP contribution is -2.66. The molecule has 22 heavy (non-hydrogen) atoms. The van der Waals surface area contributed by atoms with Crippen molar-refractivity contribution < 1.29 is 19.0 Å². The molecule has 1 amide bonds. The number of rotatable bonds is 6. The minimum Gasteiger partial charge on any atom is -0.492 e. The van der Waals surface area contributed by atoms with E-state index < -0.39 is 0 Å². The van der Waals surface area contributed by atoms with E-state index in [2.05, 4.69) is 4.98 Å². The predicted molar refractivity (Wildman–Crippen MR) is 79.6 cm³/mol. The van der Waals surface area contributed by atoms with Gasteiger partial charge in [-0.05, 0) is 30.9 Å². The number of likely N-dealkylation sites (tertiary alicyclic amines) is 1. The molecular weight excluding hydrogens is 284 g/mol. The number of methoxy groups -OCH3 is 1. The summed E-state index contributed by atoms with van der Waals surface area (Å²) >= 11 is 0. The second kappa shape index (κ2) is 6.62. The Morgan fingerprint density at radius 3 is 3.14 bits per heavy atom. The van der Waals surface area contributed by atoms with Gasteiger partial charge in [-0.1, -0.05) is 0 Å². The molecule has 120 valence electrons. The number of hydrogen-bond donors (Lipinski definition) is 0. The van der Waals surface area contributed by atoms with Crippen LogP contribution in [0.2, 0.25) is 0 Å². The lowest BCUT2D eigenvalue weighted by atomic mass is 9.79. The molecule has 0 aromatic carbocycles. The van der Waals surface area contributed by atoms with Gasteiger partial charge in [-0.3, -0.25) is 9.78 Å². The third-order valence-electron chi connectivity index (χ3n) is 4.51. The molecule has 0 radical (unpaired) electrons. The largest absolute Gasteiger partial charge is 0.492 e. The van der Waals surface area contributed by atoms with Crippen LogP contribution in [-0.2, 0) is 14.3 Å². The molecule has 6 heteroatoms. The predicted octanol–water partition coefficient (Wildman–Crippen LogP) is 1.11. The second-order valence-electron chi connectivity index (χ2n) is 5.91. The number of pyridine rings is 1. The van der Waals surface area contributed by atoms with Crippen LogP contribution in [0.15, 0.2) is 24.5 Å². The Morgan fingerprint density at radius 2 is 2.41 bits per heavy atom. The van der Waals surface area contributed by atoms with E-state index in [9.17, 15) is 4.79 Å². The van der Waals surface area contributed by atoms with E-state index >= 15 is 0 Å². The quantitative estimate of drug-likeness (QED) is 0.788. The van der Waals surface area contributed by atoms with Crippen molar-refractivity contribution in [1.29, 1.82) is 0 Å². The number of aromatic nitrogens is 1. The second-order valence-corrected chi connectivity index (χ2v) is 5.91. The zero-order chi connectivity index (χ0) is 15.4. The molecule has 3 rings (SSSR count). The van der Waals surface area contributed by atoms with Gasteiger partial charge in [0.05, 0.1) is 25.9 Å². The number of amides is 1. The van der Waals surface area contributed by atoms with Gasteiger partial charge in [0, 0.05) is 19.9 Å². The number of ether oxygens (including phenoxy) is 3. The highest BCUT2D eigenvalue weighted by molar-refractivity contribution is 5.78. The highest BCUT2D eigenvalue weighted by Gasteiger charge is 2.53. The summed E-state index contributed by atoms with van der Waals surface area (Å²) in [5.41, 5.74) is -0.165. The fourth-order valence-electron chi connectivity index (χ4n) is 3.28. The molecule has 0 saturated carbocycles. The lowest BCUT2D eigenvalue weighted by Gasteiger charge is -2.50. The van der Waals surface area contributed by atoms with Gasteiger partial charge in [-0.25, -0.2) is 0 Å². The first-order valence-electron chi connectivity index (χ1n) is 7.67. The molecule has 6 nitrogen and oxygen atoms in total. The molecule has 2 fully saturated rings. The zero-order valence-corrected chi connectivity index (χ0v) is 12.9. The standard InChI is InChI=1S/C16H22N2O4/c1-20-10-15(19)18-11-16(12-18)13(5-8-22-16)4-7-21-14-3-2-6-17-9-14/h2-3,6,9,13H,4-5,7-8,10-12H2,1H3/t13-/m1/s1. The van der Waals surface area contributed by atoms with Gasteiger partial charge in [0.15, 0.2) is 0 Å². The van der Waals surface area contributed by atoms with Crippen molar-refractivity contribution in [3.05, 3.63) is 24.5 Å². The van der Waals surface area contributed by atoms with Crippen molar-refractivity contribution in [1.82, 2.24) is 9.88 Å². The SMILES string of the molecule is COCC(=O)N1CC2(C1)OCC[C@H]2CCOc1cccnc1. The highest BCUT2D eigenvalue weighted by atomic mass is 16.5. The van der Waals surface area contributed by atoms with Gasteiger partial charge in [-0.2, -0.15) is 0 Å². The van der Waals surface area contributed by atoms with Crippen LogP contribution in [0.5, 0.6) is 5.75 Å². The van der Waals surface area contributed by atoms with Crippen LogP contribution in [-0.4, -0.2) is 61.4 Å². The van der Waals surface area contributed by atoms with Gasteiger partial charge >= 0.3 is 0 Å². The number of hydrogen-bond acceptors (Lipinski definition) is 5. The molecular formula is C16H22N2O4. The molecule has 1 atom stereocenters. The number of carbonyl (C=O) groups excluding carboxylic acids is 1. The fraction of sp³-hybridized carbons (Fsp3) is 0.625. The molecule has 1 aromatic heterocycles. The highest BCUT2D eigenvalue weighted by Crippen LogP contribution is 2.41. The van der Waals surface area contributed by atoms with Gasteiger partial charge in [0.2, 0.25) is 5.91 Å². The Bertz CT molecular complexity index is 502. The summed E-state index contributed by atoms with van der Waals surface area (Å²) in [4.78, 5) is 17.6. The Hall–Kier alpha value is -1.66. The maximum Gasteiger partial charge on any atom is 0.248 e. The zero-order valence-electron chi connectivity index (χ0n) is 12.9. The van der Waals surface area contributed by atoms with E-state index in [0.29, 0.717) is 25.6 Å². The normalized spacial score (nSPS) is 22.6. The Morgan fingerprint density at radius 1 is 1.55 bits per heavy atom. The molecule has 2 aliphatic heterocycles. The van der Waals surface area contributed by atoms with Gasteiger partial charge < -0.3 is 19.1 Å². The van der Waals surface area contributed by atoms with Gasteiger partial charge in [-0.15, -0.1) is 0 Å². The van der Waals surface area contributed by atoms with E-state index in [4.69, 9.17) is 14.2 Å². The third-order valence-corrected chi connectivity index (χ3v) is 4.51. The van der Waals surface area contributed by atoms with Crippen molar-refractivity contribution in [3.63, 3.8) is 0 Å². The van der Waals surface area contributed by atoms with Crippen LogP contribution in [0.25, 0.3) is 0 Å². The van der Waals surface area contributed by atoms with Crippen LogP contribution in [0.3, 0.4) is 0 Å². The van der Waals surface area contributed by atoms with Gasteiger partial charge in [0.1, 0.15) is 18.0 Å². The summed E-state index contributed by atoms with van der Waals surface area (Å²) in [6.45, 7) is 2.90. The maximum atomic E-state index is 11.8. The summed E-state index contributed by atoms with van der Waals surface area (Å²) in [5, 5.41) is 0. The minimum atomic E-state index is -0.165. The van der Waals surface area contributed by atoms with Crippen LogP contribution in [0.1, 0.15) is 12.8 Å². The van der Waals surface area contributed by atoms with E-state index in [-0.39, 0.29) is 18.1 Å². The fourth-order valence-corrected chi connectivity index (χ4v) is 3.28. The first-order valence-corrected chi connectivity index (χ1v) is 7.67. The summed E-state index contributed by atoms with van der Waals surface area (Å²) in [5.74, 6) is 1.27. The van der Waals surface area contributed by atoms with E-state index in [1.54, 1.807) is 12.4 Å². The molecule has 1 spiro atoms. The monoisotopic (exact) mass is 306 g/mol. The van der Waals surface area contributed by atoms with Crippen LogP contribution in [0.4, 0.5) is 0 Å².